The van der Waals surface area contributed by atoms with Crippen molar-refractivity contribution in [2.75, 3.05) is 14.2 Å². The van der Waals surface area contributed by atoms with Crippen LogP contribution in [0, 0.1) is 10.1 Å². The first-order valence-electron chi connectivity index (χ1n) is 9.05. The second-order valence-electron chi connectivity index (χ2n) is 6.68. The van der Waals surface area contributed by atoms with Crippen molar-refractivity contribution >= 4 is 11.3 Å². The Hall–Kier alpha value is -2.08. The third kappa shape index (κ3) is 3.56. The zero-order chi connectivity index (χ0) is 18.7. The third-order valence-corrected chi connectivity index (χ3v) is 6.34. The van der Waals surface area contributed by atoms with Crippen molar-refractivity contribution in [3.8, 4) is 11.5 Å². The normalized spacial score (nSPS) is 19.0. The lowest BCUT2D eigenvalue weighted by Gasteiger charge is -2.28. The maximum Gasteiger partial charge on any atom is 0.225 e. The summed E-state index contributed by atoms with van der Waals surface area (Å²) in [5, 5.41) is 11.8. The molecular weight excluding hydrogens is 350 g/mol. The third-order valence-electron chi connectivity index (χ3n) is 5.11. The molecular formula is C20H25NO4S. The van der Waals surface area contributed by atoms with E-state index < -0.39 is 6.04 Å². The summed E-state index contributed by atoms with van der Waals surface area (Å²) in [6.07, 6.45) is 4.56. The number of benzene rings is 1. The van der Waals surface area contributed by atoms with Crippen LogP contribution in [0.4, 0.5) is 0 Å². The van der Waals surface area contributed by atoms with Gasteiger partial charge in [-0.3, -0.25) is 10.1 Å². The Labute approximate surface area is 158 Å². The number of fused-ring (bicyclic) bond motifs is 1. The maximum absolute atomic E-state index is 11.8. The number of aryl methyl sites for hydroxylation is 2. The molecule has 0 unspecified atom stereocenters. The van der Waals surface area contributed by atoms with Gasteiger partial charge in [0.25, 0.3) is 0 Å². The highest BCUT2D eigenvalue weighted by Crippen LogP contribution is 2.44. The Morgan fingerprint density at radius 1 is 1.23 bits per heavy atom. The first-order chi connectivity index (χ1) is 12.6. The van der Waals surface area contributed by atoms with Gasteiger partial charge in [-0.05, 0) is 54.7 Å². The number of rotatable bonds is 7. The lowest BCUT2D eigenvalue weighted by atomic mass is 9.78. The second-order valence-corrected chi connectivity index (χ2v) is 7.88. The molecule has 0 aliphatic heterocycles. The van der Waals surface area contributed by atoms with E-state index in [-0.39, 0.29) is 10.8 Å². The predicted octanol–water partition coefficient (Wildman–Crippen LogP) is 4.83. The van der Waals surface area contributed by atoms with Crippen molar-refractivity contribution < 1.29 is 14.4 Å². The highest BCUT2D eigenvalue weighted by molar-refractivity contribution is 7.12. The average Bonchev–Trinajstić information content (AvgIpc) is 3.12. The Morgan fingerprint density at radius 2 is 1.96 bits per heavy atom. The van der Waals surface area contributed by atoms with E-state index >= 15 is 0 Å². The summed E-state index contributed by atoms with van der Waals surface area (Å²) >= 11 is 1.71. The molecule has 1 aromatic carbocycles. The molecule has 0 bridgehead atoms. The second kappa shape index (κ2) is 8.08. The minimum absolute atomic E-state index is 0.115. The highest BCUT2D eigenvalue weighted by atomic mass is 32.1. The lowest BCUT2D eigenvalue weighted by molar-refractivity contribution is -0.526. The lowest BCUT2D eigenvalue weighted by Crippen LogP contribution is -2.32. The molecule has 1 heterocycles. The molecule has 0 spiro atoms. The minimum atomic E-state index is -0.599. The van der Waals surface area contributed by atoms with E-state index in [0.717, 1.165) is 35.3 Å². The van der Waals surface area contributed by atoms with Gasteiger partial charge in [0.15, 0.2) is 11.5 Å². The highest BCUT2D eigenvalue weighted by Gasteiger charge is 2.40. The molecule has 140 valence electrons. The summed E-state index contributed by atoms with van der Waals surface area (Å²) in [5.41, 5.74) is 2.12. The first kappa shape index (κ1) is 18.7. The number of nitro groups is 1. The number of hydrogen-bond donors (Lipinski definition) is 0. The molecule has 0 N–H and O–H groups in total. The molecule has 1 aliphatic rings. The Kier molecular flexibility index (Phi) is 5.81. The molecule has 0 saturated carbocycles. The van der Waals surface area contributed by atoms with Crippen LogP contribution in [-0.2, 0) is 12.8 Å². The van der Waals surface area contributed by atoms with E-state index in [9.17, 15) is 10.1 Å². The molecule has 5 nitrogen and oxygen atoms in total. The van der Waals surface area contributed by atoms with Crippen LogP contribution in [0.25, 0.3) is 0 Å². The summed E-state index contributed by atoms with van der Waals surface area (Å²) in [5.74, 6) is 1.08. The zero-order valence-electron chi connectivity index (χ0n) is 15.5. The van der Waals surface area contributed by atoms with Gasteiger partial charge in [0, 0.05) is 21.1 Å². The van der Waals surface area contributed by atoms with Crippen LogP contribution in [0.15, 0.2) is 24.3 Å². The molecule has 0 fully saturated rings. The SMILES string of the molecule is CCCCc1ccc([C@H]2c3cc(OC)c(OC)cc3CC[C@@H]2[N+](=O)[O-])s1. The van der Waals surface area contributed by atoms with E-state index in [1.165, 1.54) is 4.88 Å². The Balaban J connectivity index is 2.05. The molecule has 26 heavy (non-hydrogen) atoms. The number of nitrogens with zero attached hydrogens (tertiary/aromatic N) is 1. The van der Waals surface area contributed by atoms with E-state index in [2.05, 4.69) is 19.1 Å². The van der Waals surface area contributed by atoms with Gasteiger partial charge in [-0.2, -0.15) is 0 Å². The standard InChI is InChI=1S/C20H25NO4S/c1-4-5-6-14-8-10-19(26-14)20-15-12-18(25-3)17(24-2)11-13(15)7-9-16(20)21(22)23/h8,10-12,16,20H,4-7,9H2,1-3H3/t16-,20-/m0/s1. The van der Waals surface area contributed by atoms with Gasteiger partial charge in [0.05, 0.1) is 20.1 Å². The van der Waals surface area contributed by atoms with Crippen molar-refractivity contribution in [2.24, 2.45) is 0 Å². The summed E-state index contributed by atoms with van der Waals surface area (Å²) < 4.78 is 10.9. The van der Waals surface area contributed by atoms with Crippen molar-refractivity contribution in [3.63, 3.8) is 0 Å². The topological polar surface area (TPSA) is 61.6 Å². The molecule has 0 saturated heterocycles. The van der Waals surface area contributed by atoms with Crippen molar-refractivity contribution in [1.29, 1.82) is 0 Å². The molecule has 3 rings (SSSR count). The van der Waals surface area contributed by atoms with Crippen LogP contribution < -0.4 is 9.47 Å². The fourth-order valence-corrected chi connectivity index (χ4v) is 4.97. The summed E-state index contributed by atoms with van der Waals surface area (Å²) in [4.78, 5) is 14.0. The van der Waals surface area contributed by atoms with Gasteiger partial charge in [0.1, 0.15) is 0 Å². The molecule has 1 aromatic heterocycles. The number of methoxy groups -OCH3 is 2. The van der Waals surface area contributed by atoms with E-state index in [4.69, 9.17) is 9.47 Å². The maximum atomic E-state index is 11.8. The number of ether oxygens (including phenoxy) is 2. The number of thiophene rings is 1. The van der Waals surface area contributed by atoms with Gasteiger partial charge in [-0.25, -0.2) is 0 Å². The molecule has 2 aromatic rings. The van der Waals surface area contributed by atoms with Gasteiger partial charge >= 0.3 is 0 Å². The fraction of sp³-hybridized carbons (Fsp3) is 0.500. The smallest absolute Gasteiger partial charge is 0.225 e. The number of hydrogen-bond acceptors (Lipinski definition) is 5. The van der Waals surface area contributed by atoms with Crippen molar-refractivity contribution in [3.05, 3.63) is 55.3 Å². The molecule has 2 atom stereocenters. The summed E-state index contributed by atoms with van der Waals surface area (Å²) in [6.45, 7) is 2.17. The van der Waals surface area contributed by atoms with Crippen molar-refractivity contribution in [1.82, 2.24) is 0 Å². The van der Waals surface area contributed by atoms with E-state index in [1.807, 2.05) is 12.1 Å². The quantitative estimate of drug-likeness (QED) is 0.514. The van der Waals surface area contributed by atoms with Crippen LogP contribution in [0.2, 0.25) is 0 Å². The summed E-state index contributed by atoms with van der Waals surface area (Å²) in [7, 11) is 3.21. The molecule has 0 amide bonds. The zero-order valence-corrected chi connectivity index (χ0v) is 16.3. The average molecular weight is 375 g/mol. The summed E-state index contributed by atoms with van der Waals surface area (Å²) in [6, 6.07) is 7.51. The van der Waals surface area contributed by atoms with Gasteiger partial charge in [0.2, 0.25) is 6.04 Å². The fourth-order valence-electron chi connectivity index (χ4n) is 3.74. The number of unbranched alkanes of at least 4 members (excludes halogenated alkanes) is 1. The van der Waals surface area contributed by atoms with Gasteiger partial charge in [-0.1, -0.05) is 13.3 Å². The van der Waals surface area contributed by atoms with E-state index in [0.29, 0.717) is 24.3 Å². The molecule has 0 radical (unpaired) electrons. The van der Waals surface area contributed by atoms with Crippen LogP contribution >= 0.6 is 11.3 Å². The van der Waals surface area contributed by atoms with Crippen molar-refractivity contribution in [2.45, 2.75) is 51.0 Å². The largest absolute Gasteiger partial charge is 0.493 e. The molecule has 1 aliphatic carbocycles. The first-order valence-corrected chi connectivity index (χ1v) is 9.87. The van der Waals surface area contributed by atoms with Crippen LogP contribution in [0.5, 0.6) is 11.5 Å². The van der Waals surface area contributed by atoms with Gasteiger partial charge in [-0.15, -0.1) is 11.3 Å². The monoisotopic (exact) mass is 375 g/mol. The molecule has 6 heteroatoms. The van der Waals surface area contributed by atoms with Crippen LogP contribution in [-0.4, -0.2) is 25.2 Å². The minimum Gasteiger partial charge on any atom is -0.493 e. The van der Waals surface area contributed by atoms with Gasteiger partial charge < -0.3 is 9.47 Å². The predicted molar refractivity (Wildman–Crippen MR) is 103 cm³/mol. The van der Waals surface area contributed by atoms with Crippen LogP contribution in [0.1, 0.15) is 53.0 Å². The Bertz CT molecular complexity index is 786. The van der Waals surface area contributed by atoms with Crippen LogP contribution in [0.3, 0.4) is 0 Å². The Morgan fingerprint density at radius 3 is 2.62 bits per heavy atom. The van der Waals surface area contributed by atoms with E-state index in [1.54, 1.807) is 25.6 Å².